The largest absolute Gasteiger partial charge is 0.351 e. The van der Waals surface area contributed by atoms with Crippen molar-refractivity contribution in [1.82, 2.24) is 10.3 Å². The Morgan fingerprint density at radius 1 is 1.26 bits per heavy atom. The van der Waals surface area contributed by atoms with E-state index in [9.17, 15) is 4.79 Å². The van der Waals surface area contributed by atoms with Crippen molar-refractivity contribution in [3.63, 3.8) is 0 Å². The lowest BCUT2D eigenvalue weighted by Crippen LogP contribution is -2.17. The van der Waals surface area contributed by atoms with Crippen LogP contribution in [0.15, 0.2) is 41.8 Å². The van der Waals surface area contributed by atoms with Crippen LogP contribution in [0.3, 0.4) is 0 Å². The second-order valence-electron chi connectivity index (χ2n) is 5.21. The number of thiophene rings is 1. The highest BCUT2D eigenvalue weighted by Gasteiger charge is 2.08. The molecule has 6 heteroatoms. The summed E-state index contributed by atoms with van der Waals surface area (Å²) in [4.78, 5) is 17.8. The Labute approximate surface area is 143 Å². The van der Waals surface area contributed by atoms with E-state index in [1.165, 1.54) is 12.5 Å². The molecule has 0 unspecified atom stereocenters. The first-order valence-corrected chi connectivity index (χ1v) is 8.92. The molecule has 0 saturated carbocycles. The molecule has 0 atom stereocenters. The summed E-state index contributed by atoms with van der Waals surface area (Å²) in [6, 6.07) is 12.3. The summed E-state index contributed by atoms with van der Waals surface area (Å²) in [5.41, 5.74) is 3.22. The third kappa shape index (κ3) is 4.18. The van der Waals surface area contributed by atoms with E-state index in [1.807, 2.05) is 29.6 Å². The zero-order chi connectivity index (χ0) is 16.2. The van der Waals surface area contributed by atoms with Crippen LogP contribution in [0.5, 0.6) is 0 Å². The standard InChI is InChI=1S/C17H17N3OS2/c1-11-4-3-5-13(8-11)19-17-20-15(10-22-17)16-7-6-14(23-16)9-18-12(2)21/h3-8,10H,9H2,1-2H3,(H,18,21)(H,19,20). The van der Waals surface area contributed by atoms with Gasteiger partial charge in [-0.1, -0.05) is 12.1 Å². The summed E-state index contributed by atoms with van der Waals surface area (Å²) in [5, 5.41) is 9.07. The first-order chi connectivity index (χ1) is 11.1. The van der Waals surface area contributed by atoms with E-state index >= 15 is 0 Å². The fourth-order valence-electron chi connectivity index (χ4n) is 2.11. The van der Waals surface area contributed by atoms with Gasteiger partial charge in [0, 0.05) is 22.9 Å². The van der Waals surface area contributed by atoms with Crippen LogP contribution in [0.25, 0.3) is 10.6 Å². The molecule has 0 aliphatic carbocycles. The second kappa shape index (κ2) is 6.93. The zero-order valence-electron chi connectivity index (χ0n) is 12.9. The highest BCUT2D eigenvalue weighted by molar-refractivity contribution is 7.17. The van der Waals surface area contributed by atoms with Crippen LogP contribution in [0, 0.1) is 6.92 Å². The van der Waals surface area contributed by atoms with Gasteiger partial charge in [-0.15, -0.1) is 22.7 Å². The van der Waals surface area contributed by atoms with Crippen LogP contribution >= 0.6 is 22.7 Å². The second-order valence-corrected chi connectivity index (χ2v) is 7.23. The Morgan fingerprint density at radius 3 is 2.91 bits per heavy atom. The minimum Gasteiger partial charge on any atom is -0.351 e. The topological polar surface area (TPSA) is 54.0 Å². The first-order valence-electron chi connectivity index (χ1n) is 7.23. The van der Waals surface area contributed by atoms with Crippen LogP contribution < -0.4 is 10.6 Å². The van der Waals surface area contributed by atoms with Gasteiger partial charge >= 0.3 is 0 Å². The molecule has 0 saturated heterocycles. The average molecular weight is 343 g/mol. The van der Waals surface area contributed by atoms with Crippen LogP contribution in [-0.4, -0.2) is 10.9 Å². The Kier molecular flexibility index (Phi) is 4.73. The van der Waals surface area contributed by atoms with Crippen molar-refractivity contribution in [2.75, 3.05) is 5.32 Å². The third-order valence-corrected chi connectivity index (χ3v) is 5.06. The molecule has 0 bridgehead atoms. The predicted molar refractivity (Wildman–Crippen MR) is 97.4 cm³/mol. The van der Waals surface area contributed by atoms with Crippen LogP contribution in [-0.2, 0) is 11.3 Å². The van der Waals surface area contributed by atoms with Gasteiger partial charge in [-0.05, 0) is 36.8 Å². The maximum absolute atomic E-state index is 11.0. The SMILES string of the molecule is CC(=O)NCc1ccc(-c2csc(Nc3cccc(C)c3)n2)s1. The van der Waals surface area contributed by atoms with Crippen LogP contribution in [0.4, 0.5) is 10.8 Å². The van der Waals surface area contributed by atoms with E-state index in [0.29, 0.717) is 6.54 Å². The number of hydrogen-bond acceptors (Lipinski definition) is 5. The van der Waals surface area contributed by atoms with Gasteiger partial charge in [0.1, 0.15) is 0 Å². The molecule has 1 amide bonds. The number of anilines is 2. The molecular weight excluding hydrogens is 326 g/mol. The lowest BCUT2D eigenvalue weighted by molar-refractivity contribution is -0.119. The summed E-state index contributed by atoms with van der Waals surface area (Å²) >= 11 is 3.24. The third-order valence-electron chi connectivity index (χ3n) is 3.20. The fraction of sp³-hybridized carbons (Fsp3) is 0.176. The van der Waals surface area contributed by atoms with Gasteiger partial charge < -0.3 is 10.6 Å². The predicted octanol–water partition coefficient (Wildman–Crippen LogP) is 4.56. The van der Waals surface area contributed by atoms with Crippen molar-refractivity contribution >= 4 is 39.4 Å². The summed E-state index contributed by atoms with van der Waals surface area (Å²) in [5.74, 6) is -0.0155. The van der Waals surface area contributed by atoms with Gasteiger partial charge in [0.25, 0.3) is 0 Å². The number of hydrogen-bond donors (Lipinski definition) is 2. The van der Waals surface area contributed by atoms with Crippen molar-refractivity contribution in [2.24, 2.45) is 0 Å². The van der Waals surface area contributed by atoms with Crippen molar-refractivity contribution in [2.45, 2.75) is 20.4 Å². The van der Waals surface area contributed by atoms with Gasteiger partial charge in [-0.2, -0.15) is 0 Å². The van der Waals surface area contributed by atoms with E-state index in [-0.39, 0.29) is 5.91 Å². The molecule has 0 radical (unpaired) electrons. The van der Waals surface area contributed by atoms with Crippen molar-refractivity contribution in [1.29, 1.82) is 0 Å². The van der Waals surface area contributed by atoms with Gasteiger partial charge in [0.2, 0.25) is 5.91 Å². The molecule has 3 aromatic rings. The van der Waals surface area contributed by atoms with Gasteiger partial charge in [-0.3, -0.25) is 4.79 Å². The van der Waals surface area contributed by atoms with E-state index in [2.05, 4.69) is 34.7 Å². The van der Waals surface area contributed by atoms with Crippen molar-refractivity contribution < 1.29 is 4.79 Å². The average Bonchev–Trinajstić information content (AvgIpc) is 3.14. The van der Waals surface area contributed by atoms with Crippen molar-refractivity contribution in [3.8, 4) is 10.6 Å². The number of nitrogens with zero attached hydrogens (tertiary/aromatic N) is 1. The summed E-state index contributed by atoms with van der Waals surface area (Å²) in [6.45, 7) is 4.16. The quantitative estimate of drug-likeness (QED) is 0.714. The van der Waals surface area contributed by atoms with E-state index in [4.69, 9.17) is 0 Å². The fourth-order valence-corrected chi connectivity index (χ4v) is 3.83. The number of aromatic nitrogens is 1. The highest BCUT2D eigenvalue weighted by Crippen LogP contribution is 2.31. The molecule has 0 aliphatic heterocycles. The number of amides is 1. The lowest BCUT2D eigenvalue weighted by atomic mass is 10.2. The molecule has 0 fully saturated rings. The lowest BCUT2D eigenvalue weighted by Gasteiger charge is -2.02. The van der Waals surface area contributed by atoms with E-state index in [1.54, 1.807) is 22.7 Å². The summed E-state index contributed by atoms with van der Waals surface area (Å²) in [7, 11) is 0. The number of aryl methyl sites for hydroxylation is 1. The van der Waals surface area contributed by atoms with Gasteiger partial charge in [-0.25, -0.2) is 4.98 Å². The van der Waals surface area contributed by atoms with E-state index < -0.39 is 0 Å². The Bertz CT molecular complexity index is 823. The molecule has 4 nitrogen and oxygen atoms in total. The summed E-state index contributed by atoms with van der Waals surface area (Å²) < 4.78 is 0. The molecule has 1 aromatic carbocycles. The number of carbonyl (C=O) groups is 1. The van der Waals surface area contributed by atoms with Crippen LogP contribution in [0.2, 0.25) is 0 Å². The Balaban J connectivity index is 1.70. The smallest absolute Gasteiger partial charge is 0.217 e. The van der Waals surface area contributed by atoms with Gasteiger partial charge in [0.15, 0.2) is 5.13 Å². The van der Waals surface area contributed by atoms with E-state index in [0.717, 1.165) is 26.3 Å². The molecule has 3 rings (SSSR count). The minimum atomic E-state index is -0.0155. The number of rotatable bonds is 5. The molecule has 23 heavy (non-hydrogen) atoms. The maximum Gasteiger partial charge on any atom is 0.217 e. The number of thiazole rings is 1. The molecule has 118 valence electrons. The molecule has 0 spiro atoms. The zero-order valence-corrected chi connectivity index (χ0v) is 14.6. The molecular formula is C17H17N3OS2. The molecule has 2 N–H and O–H groups in total. The molecule has 2 aromatic heterocycles. The minimum absolute atomic E-state index is 0.0155. The maximum atomic E-state index is 11.0. The Hall–Kier alpha value is -2.18. The first kappa shape index (κ1) is 15.7. The highest BCUT2D eigenvalue weighted by atomic mass is 32.1. The monoisotopic (exact) mass is 343 g/mol. The summed E-state index contributed by atoms with van der Waals surface area (Å²) in [6.07, 6.45) is 0. The normalized spacial score (nSPS) is 10.5. The van der Waals surface area contributed by atoms with Crippen LogP contribution in [0.1, 0.15) is 17.4 Å². The van der Waals surface area contributed by atoms with Crippen molar-refractivity contribution in [3.05, 3.63) is 52.2 Å². The number of nitrogens with one attached hydrogen (secondary N) is 2. The van der Waals surface area contributed by atoms with Gasteiger partial charge in [0.05, 0.1) is 17.1 Å². The molecule has 0 aliphatic rings. The number of carbonyl (C=O) groups excluding carboxylic acids is 1. The molecule has 2 heterocycles. The Morgan fingerprint density at radius 2 is 2.13 bits per heavy atom. The number of benzene rings is 1.